The quantitative estimate of drug-likeness (QED) is 0.214. The van der Waals surface area contributed by atoms with Gasteiger partial charge >= 0.3 is 0 Å². The smallest absolute Gasteiger partial charge is 0.161 e. The first kappa shape index (κ1) is 25.0. The highest BCUT2D eigenvalue weighted by Crippen LogP contribution is 2.41. The second-order valence-corrected chi connectivity index (χ2v) is 10.6. The lowest BCUT2D eigenvalue weighted by atomic mass is 9.96. The van der Waals surface area contributed by atoms with Crippen LogP contribution in [0.2, 0.25) is 0 Å². The highest BCUT2D eigenvalue weighted by molar-refractivity contribution is 6.14. The predicted molar refractivity (Wildman–Crippen MR) is 178 cm³/mol. The van der Waals surface area contributed by atoms with Crippen LogP contribution in [0.3, 0.4) is 0 Å². The van der Waals surface area contributed by atoms with Gasteiger partial charge in [0.15, 0.2) is 5.82 Å². The molecule has 0 N–H and O–H groups in total. The fourth-order valence-electron chi connectivity index (χ4n) is 6.08. The topological polar surface area (TPSA) is 30.7 Å². The molecule has 3 nitrogen and oxygen atoms in total. The number of aromatic nitrogens is 3. The Morgan fingerprint density at radius 2 is 0.907 bits per heavy atom. The number of hydrogen-bond donors (Lipinski definition) is 0. The minimum Gasteiger partial charge on any atom is -0.309 e. The largest absolute Gasteiger partial charge is 0.309 e. The molecule has 0 spiro atoms. The summed E-state index contributed by atoms with van der Waals surface area (Å²) in [7, 11) is 0. The molecule has 0 aliphatic carbocycles. The van der Waals surface area contributed by atoms with Gasteiger partial charge in [0, 0.05) is 38.7 Å². The maximum atomic E-state index is 5.17. The van der Waals surface area contributed by atoms with E-state index in [4.69, 9.17) is 9.97 Å². The molecule has 2 heterocycles. The number of benzene rings is 6. The summed E-state index contributed by atoms with van der Waals surface area (Å²) in [5.41, 5.74) is 10.6. The molecule has 0 saturated heterocycles. The molecule has 0 unspecified atom stereocenters. The summed E-state index contributed by atoms with van der Waals surface area (Å²) in [4.78, 5) is 10.3. The Hall–Kier alpha value is -5.80. The minimum absolute atomic E-state index is 0.704. The first-order chi connectivity index (χ1) is 21.3. The molecule has 0 bridgehead atoms. The fraction of sp³-hybridized carbons (Fsp3) is 0. The molecule has 202 valence electrons. The standard InChI is InChI=1S/C40H27N3/c1-4-15-28(16-5-1)36-27-37(29-17-6-2-7-18-29)42-40(41-36)35-23-11-10-21-31(35)33-24-14-25-34-32-22-12-13-26-38(32)43(39(33)34)30-19-8-3-9-20-30/h1-27H. The summed E-state index contributed by atoms with van der Waals surface area (Å²) in [6.45, 7) is 0. The van der Waals surface area contributed by atoms with Crippen molar-refractivity contribution in [1.29, 1.82) is 0 Å². The molecule has 0 aliphatic heterocycles. The summed E-state index contributed by atoms with van der Waals surface area (Å²) >= 11 is 0. The molecule has 6 aromatic carbocycles. The van der Waals surface area contributed by atoms with Crippen molar-refractivity contribution >= 4 is 21.8 Å². The second-order valence-electron chi connectivity index (χ2n) is 10.6. The van der Waals surface area contributed by atoms with Gasteiger partial charge in [-0.15, -0.1) is 0 Å². The Labute approximate surface area is 250 Å². The van der Waals surface area contributed by atoms with Crippen molar-refractivity contribution < 1.29 is 0 Å². The van der Waals surface area contributed by atoms with Gasteiger partial charge in [-0.3, -0.25) is 0 Å². The van der Waals surface area contributed by atoms with E-state index < -0.39 is 0 Å². The normalized spacial score (nSPS) is 11.3. The molecule has 0 saturated carbocycles. The second kappa shape index (κ2) is 10.6. The Balaban J connectivity index is 1.42. The van der Waals surface area contributed by atoms with Crippen LogP contribution < -0.4 is 0 Å². The van der Waals surface area contributed by atoms with Crippen molar-refractivity contribution in [2.45, 2.75) is 0 Å². The van der Waals surface area contributed by atoms with Crippen molar-refractivity contribution in [3.8, 4) is 50.7 Å². The minimum atomic E-state index is 0.704. The molecule has 43 heavy (non-hydrogen) atoms. The first-order valence-corrected chi connectivity index (χ1v) is 14.5. The summed E-state index contributed by atoms with van der Waals surface area (Å²) < 4.78 is 2.38. The Bertz CT molecular complexity index is 2160. The lowest BCUT2D eigenvalue weighted by molar-refractivity contribution is 1.18. The SMILES string of the molecule is c1ccc(-c2cc(-c3ccccc3)nc(-c3ccccc3-c3cccc4c5ccccc5n(-c5ccccc5)c34)n2)cc1. The number of nitrogens with zero attached hydrogens (tertiary/aromatic N) is 3. The molecule has 0 atom stereocenters. The van der Waals surface area contributed by atoms with Gasteiger partial charge in [0.05, 0.1) is 22.4 Å². The third-order valence-electron chi connectivity index (χ3n) is 8.03. The third-order valence-corrected chi connectivity index (χ3v) is 8.03. The van der Waals surface area contributed by atoms with Crippen LogP contribution in [0.15, 0.2) is 164 Å². The average molecular weight is 550 g/mol. The van der Waals surface area contributed by atoms with Gasteiger partial charge in [0.25, 0.3) is 0 Å². The maximum Gasteiger partial charge on any atom is 0.161 e. The number of hydrogen-bond acceptors (Lipinski definition) is 2. The molecule has 0 aliphatic rings. The van der Waals surface area contributed by atoms with Crippen LogP contribution in [-0.2, 0) is 0 Å². The number of para-hydroxylation sites is 3. The first-order valence-electron chi connectivity index (χ1n) is 14.5. The van der Waals surface area contributed by atoms with E-state index in [2.05, 4.69) is 156 Å². The van der Waals surface area contributed by atoms with Crippen LogP contribution in [0, 0.1) is 0 Å². The van der Waals surface area contributed by atoms with Crippen LogP contribution in [0.25, 0.3) is 72.5 Å². The van der Waals surface area contributed by atoms with E-state index in [-0.39, 0.29) is 0 Å². The summed E-state index contributed by atoms with van der Waals surface area (Å²) in [6, 6.07) is 57.1. The van der Waals surface area contributed by atoms with E-state index in [1.54, 1.807) is 0 Å². The van der Waals surface area contributed by atoms with E-state index in [1.807, 2.05) is 12.1 Å². The molecule has 3 heteroatoms. The van der Waals surface area contributed by atoms with Gasteiger partial charge in [-0.1, -0.05) is 140 Å². The van der Waals surface area contributed by atoms with Gasteiger partial charge < -0.3 is 4.57 Å². The molecule has 0 radical (unpaired) electrons. The fourth-order valence-corrected chi connectivity index (χ4v) is 6.08. The zero-order valence-corrected chi connectivity index (χ0v) is 23.4. The molecule has 8 rings (SSSR count). The predicted octanol–water partition coefficient (Wildman–Crippen LogP) is 10.2. The lowest BCUT2D eigenvalue weighted by Crippen LogP contribution is -1.99. The molecule has 0 amide bonds. The molecule has 2 aromatic heterocycles. The zero-order valence-electron chi connectivity index (χ0n) is 23.4. The van der Waals surface area contributed by atoms with Crippen molar-refractivity contribution in [1.82, 2.24) is 14.5 Å². The summed E-state index contributed by atoms with van der Waals surface area (Å²) in [5.74, 6) is 0.704. The average Bonchev–Trinajstić information content (AvgIpc) is 3.44. The van der Waals surface area contributed by atoms with E-state index in [0.29, 0.717) is 5.82 Å². The van der Waals surface area contributed by atoms with Gasteiger partial charge in [0.1, 0.15) is 0 Å². The number of rotatable bonds is 5. The molecular weight excluding hydrogens is 522 g/mol. The Morgan fingerprint density at radius 3 is 1.58 bits per heavy atom. The monoisotopic (exact) mass is 549 g/mol. The van der Waals surface area contributed by atoms with Crippen molar-refractivity contribution in [2.24, 2.45) is 0 Å². The van der Waals surface area contributed by atoms with Gasteiger partial charge in [-0.05, 0) is 29.8 Å². The highest BCUT2D eigenvalue weighted by Gasteiger charge is 2.20. The van der Waals surface area contributed by atoms with Gasteiger partial charge in [-0.2, -0.15) is 0 Å². The van der Waals surface area contributed by atoms with Crippen molar-refractivity contribution in [2.75, 3.05) is 0 Å². The maximum absolute atomic E-state index is 5.17. The van der Waals surface area contributed by atoms with E-state index in [9.17, 15) is 0 Å². The van der Waals surface area contributed by atoms with Gasteiger partial charge in [-0.25, -0.2) is 9.97 Å². The summed E-state index contributed by atoms with van der Waals surface area (Å²) in [6.07, 6.45) is 0. The Kier molecular flexibility index (Phi) is 6.12. The molecule has 0 fully saturated rings. The van der Waals surface area contributed by atoms with Crippen molar-refractivity contribution in [3.05, 3.63) is 164 Å². The summed E-state index contributed by atoms with van der Waals surface area (Å²) in [5, 5.41) is 2.45. The van der Waals surface area contributed by atoms with Crippen LogP contribution in [0.4, 0.5) is 0 Å². The van der Waals surface area contributed by atoms with Gasteiger partial charge in [0.2, 0.25) is 0 Å². The molecular formula is C40H27N3. The Morgan fingerprint density at radius 1 is 0.395 bits per heavy atom. The van der Waals surface area contributed by atoms with Crippen LogP contribution in [-0.4, -0.2) is 14.5 Å². The highest BCUT2D eigenvalue weighted by atomic mass is 15.0. The van der Waals surface area contributed by atoms with Crippen LogP contribution in [0.1, 0.15) is 0 Å². The lowest BCUT2D eigenvalue weighted by Gasteiger charge is -2.15. The van der Waals surface area contributed by atoms with Crippen molar-refractivity contribution in [3.63, 3.8) is 0 Å². The van der Waals surface area contributed by atoms with E-state index in [0.717, 1.165) is 44.9 Å². The third kappa shape index (κ3) is 4.39. The van der Waals surface area contributed by atoms with Crippen LogP contribution >= 0.6 is 0 Å². The van der Waals surface area contributed by atoms with Crippen LogP contribution in [0.5, 0.6) is 0 Å². The number of fused-ring (bicyclic) bond motifs is 3. The van der Waals surface area contributed by atoms with E-state index in [1.165, 1.54) is 21.8 Å². The zero-order chi connectivity index (χ0) is 28.6. The van der Waals surface area contributed by atoms with E-state index >= 15 is 0 Å². The molecule has 8 aromatic rings.